The molecule has 0 aromatic carbocycles. The smallest absolute Gasteiger partial charge is 0.328 e. The number of carboxylic acid groups (broad SMARTS) is 1. The molecular weight excluding hydrogens is 288 g/mol. The first-order chi connectivity index (χ1) is 10.6. The standard InChI is InChI=1S/C20H30O3/c1-13(10-18(22)23)6-8-19(4)14(2)7-9-20(5)15(3)11-16(21)12-17(19)20/h10-11,14,17H,6-9,12H2,1-5H3,(H,22,23)/b13-10-/t14-,17-,19+,20+/m0/s1. The van der Waals surface area contributed by atoms with E-state index in [1.54, 1.807) is 0 Å². The van der Waals surface area contributed by atoms with E-state index in [0.29, 0.717) is 18.3 Å². The number of carbonyl (C=O) groups excluding carboxylic acids is 1. The molecule has 0 spiro atoms. The van der Waals surface area contributed by atoms with Crippen LogP contribution in [0.4, 0.5) is 0 Å². The summed E-state index contributed by atoms with van der Waals surface area (Å²) in [6, 6.07) is 0. The summed E-state index contributed by atoms with van der Waals surface area (Å²) in [5.74, 6) is 0.287. The summed E-state index contributed by atoms with van der Waals surface area (Å²) in [7, 11) is 0. The highest BCUT2D eigenvalue weighted by atomic mass is 16.4. The van der Waals surface area contributed by atoms with Gasteiger partial charge in [0.25, 0.3) is 0 Å². The molecule has 1 fully saturated rings. The maximum Gasteiger partial charge on any atom is 0.328 e. The fourth-order valence-electron chi connectivity index (χ4n) is 4.86. The van der Waals surface area contributed by atoms with Crippen molar-refractivity contribution in [3.05, 3.63) is 23.3 Å². The summed E-state index contributed by atoms with van der Waals surface area (Å²) in [4.78, 5) is 23.0. The molecule has 0 aliphatic heterocycles. The normalized spacial score (nSPS) is 38.0. The SMILES string of the molecule is CC1=CC(=O)C[C@H]2[C@](C)(CC/C(C)=C\C(=O)O)[C@@H](C)CC[C@]12C. The molecule has 0 radical (unpaired) electrons. The van der Waals surface area contributed by atoms with E-state index in [1.807, 2.05) is 13.0 Å². The van der Waals surface area contributed by atoms with Crippen LogP contribution >= 0.6 is 0 Å². The molecule has 128 valence electrons. The van der Waals surface area contributed by atoms with Gasteiger partial charge in [0.2, 0.25) is 0 Å². The van der Waals surface area contributed by atoms with Gasteiger partial charge < -0.3 is 5.11 Å². The van der Waals surface area contributed by atoms with Crippen LogP contribution in [-0.4, -0.2) is 16.9 Å². The Bertz CT molecular complexity index is 571. The lowest BCUT2D eigenvalue weighted by atomic mass is 9.47. The first-order valence-corrected chi connectivity index (χ1v) is 8.71. The van der Waals surface area contributed by atoms with Crippen LogP contribution in [0.15, 0.2) is 23.3 Å². The van der Waals surface area contributed by atoms with E-state index in [1.165, 1.54) is 18.1 Å². The van der Waals surface area contributed by atoms with Gasteiger partial charge in [0.05, 0.1) is 0 Å². The zero-order valence-corrected chi connectivity index (χ0v) is 15.1. The number of ketones is 1. The van der Waals surface area contributed by atoms with Crippen LogP contribution in [0.25, 0.3) is 0 Å². The second-order valence-corrected chi connectivity index (χ2v) is 8.24. The van der Waals surface area contributed by atoms with E-state index in [0.717, 1.165) is 24.8 Å². The number of rotatable bonds is 4. The lowest BCUT2D eigenvalue weighted by Gasteiger charge is -2.57. The first-order valence-electron chi connectivity index (χ1n) is 8.71. The van der Waals surface area contributed by atoms with Gasteiger partial charge in [-0.1, -0.05) is 31.9 Å². The molecule has 2 aliphatic carbocycles. The minimum atomic E-state index is -0.874. The van der Waals surface area contributed by atoms with Crippen molar-refractivity contribution in [2.45, 2.75) is 66.7 Å². The second-order valence-electron chi connectivity index (χ2n) is 8.24. The van der Waals surface area contributed by atoms with E-state index in [9.17, 15) is 9.59 Å². The van der Waals surface area contributed by atoms with Crippen LogP contribution < -0.4 is 0 Å². The highest BCUT2D eigenvalue weighted by Gasteiger charge is 2.54. The van der Waals surface area contributed by atoms with Crippen LogP contribution in [-0.2, 0) is 9.59 Å². The van der Waals surface area contributed by atoms with Crippen LogP contribution in [0.3, 0.4) is 0 Å². The Hall–Kier alpha value is -1.38. The Balaban J connectivity index is 2.29. The largest absolute Gasteiger partial charge is 0.478 e. The van der Waals surface area contributed by atoms with Gasteiger partial charge in [-0.05, 0) is 68.3 Å². The summed E-state index contributed by atoms with van der Waals surface area (Å²) in [5.41, 5.74) is 2.33. The van der Waals surface area contributed by atoms with Crippen LogP contribution in [0.5, 0.6) is 0 Å². The number of hydrogen-bond acceptors (Lipinski definition) is 2. The van der Waals surface area contributed by atoms with Crippen LogP contribution in [0.1, 0.15) is 66.7 Å². The summed E-state index contributed by atoms with van der Waals surface area (Å²) in [5, 5.41) is 8.91. The number of aliphatic carboxylic acids is 1. The van der Waals surface area contributed by atoms with Crippen molar-refractivity contribution in [3.63, 3.8) is 0 Å². The third-order valence-corrected chi connectivity index (χ3v) is 6.90. The topological polar surface area (TPSA) is 54.4 Å². The molecule has 3 heteroatoms. The van der Waals surface area contributed by atoms with Gasteiger partial charge >= 0.3 is 5.97 Å². The molecule has 2 rings (SSSR count). The molecular formula is C20H30O3. The predicted octanol–water partition coefficient (Wildman–Crippen LogP) is 4.78. The molecule has 0 aromatic heterocycles. The molecule has 0 unspecified atom stereocenters. The molecule has 0 saturated heterocycles. The molecule has 0 amide bonds. The van der Waals surface area contributed by atoms with Crippen molar-refractivity contribution in [2.24, 2.45) is 22.7 Å². The molecule has 3 nitrogen and oxygen atoms in total. The highest BCUT2D eigenvalue weighted by molar-refractivity contribution is 5.92. The maximum absolute atomic E-state index is 12.2. The average molecular weight is 318 g/mol. The van der Waals surface area contributed by atoms with Crippen LogP contribution in [0, 0.1) is 22.7 Å². The Morgan fingerprint density at radius 2 is 2.09 bits per heavy atom. The summed E-state index contributed by atoms with van der Waals surface area (Å²) in [6.45, 7) is 10.9. The second kappa shape index (κ2) is 6.26. The Morgan fingerprint density at radius 1 is 1.43 bits per heavy atom. The number of carbonyl (C=O) groups is 2. The molecule has 0 heterocycles. The molecule has 0 aromatic rings. The van der Waals surface area contributed by atoms with E-state index in [2.05, 4.69) is 27.7 Å². The third kappa shape index (κ3) is 3.29. The number of carboxylic acids is 1. The molecule has 2 aliphatic rings. The van der Waals surface area contributed by atoms with Gasteiger partial charge in [-0.2, -0.15) is 0 Å². The number of hydrogen-bond donors (Lipinski definition) is 1. The summed E-state index contributed by atoms with van der Waals surface area (Å²) in [6.07, 6.45) is 7.85. The first kappa shape index (κ1) is 18.0. The number of fused-ring (bicyclic) bond motifs is 1. The average Bonchev–Trinajstić information content (AvgIpc) is 2.44. The fourth-order valence-corrected chi connectivity index (χ4v) is 4.86. The van der Waals surface area contributed by atoms with E-state index in [-0.39, 0.29) is 16.6 Å². The third-order valence-electron chi connectivity index (χ3n) is 6.90. The lowest BCUT2D eigenvalue weighted by Crippen LogP contribution is -2.50. The van der Waals surface area contributed by atoms with Crippen molar-refractivity contribution in [1.29, 1.82) is 0 Å². The lowest BCUT2D eigenvalue weighted by molar-refractivity contribution is -0.131. The van der Waals surface area contributed by atoms with Crippen molar-refractivity contribution < 1.29 is 14.7 Å². The zero-order chi connectivity index (χ0) is 17.4. The van der Waals surface area contributed by atoms with E-state index in [4.69, 9.17) is 5.11 Å². The van der Waals surface area contributed by atoms with Gasteiger partial charge in [0.15, 0.2) is 5.78 Å². The van der Waals surface area contributed by atoms with Crippen molar-refractivity contribution in [1.82, 2.24) is 0 Å². The minimum Gasteiger partial charge on any atom is -0.478 e. The van der Waals surface area contributed by atoms with Gasteiger partial charge in [-0.25, -0.2) is 4.79 Å². The van der Waals surface area contributed by atoms with E-state index >= 15 is 0 Å². The molecule has 0 bridgehead atoms. The summed E-state index contributed by atoms with van der Waals surface area (Å²) >= 11 is 0. The Morgan fingerprint density at radius 3 is 2.70 bits per heavy atom. The minimum absolute atomic E-state index is 0.0752. The highest BCUT2D eigenvalue weighted by Crippen LogP contribution is 2.61. The number of allylic oxidation sites excluding steroid dienone is 3. The van der Waals surface area contributed by atoms with Crippen molar-refractivity contribution in [2.75, 3.05) is 0 Å². The summed E-state index contributed by atoms with van der Waals surface area (Å²) < 4.78 is 0. The van der Waals surface area contributed by atoms with Crippen LogP contribution in [0.2, 0.25) is 0 Å². The van der Waals surface area contributed by atoms with Crippen molar-refractivity contribution >= 4 is 11.8 Å². The molecule has 23 heavy (non-hydrogen) atoms. The van der Waals surface area contributed by atoms with Gasteiger partial charge in [0, 0.05) is 12.5 Å². The van der Waals surface area contributed by atoms with Crippen molar-refractivity contribution in [3.8, 4) is 0 Å². The molecule has 4 atom stereocenters. The predicted molar refractivity (Wildman–Crippen MR) is 92.1 cm³/mol. The molecule has 1 saturated carbocycles. The van der Waals surface area contributed by atoms with Gasteiger partial charge in [-0.15, -0.1) is 0 Å². The van der Waals surface area contributed by atoms with Gasteiger partial charge in [-0.3, -0.25) is 4.79 Å². The van der Waals surface area contributed by atoms with Gasteiger partial charge in [0.1, 0.15) is 0 Å². The maximum atomic E-state index is 12.2. The zero-order valence-electron chi connectivity index (χ0n) is 15.1. The fraction of sp³-hybridized carbons (Fsp3) is 0.700. The molecule has 1 N–H and O–H groups in total. The quantitative estimate of drug-likeness (QED) is 0.759. The Labute approximate surface area is 139 Å². The monoisotopic (exact) mass is 318 g/mol. The van der Waals surface area contributed by atoms with E-state index < -0.39 is 5.97 Å². The Kier molecular flexibility index (Phi) is 4.89.